The monoisotopic (exact) mass is 320 g/mol. The summed E-state index contributed by atoms with van der Waals surface area (Å²) in [5.74, 6) is 1.14. The van der Waals surface area contributed by atoms with Gasteiger partial charge in [-0.25, -0.2) is 19.9 Å². The second kappa shape index (κ2) is 5.45. The van der Waals surface area contributed by atoms with Crippen LogP contribution in [0.15, 0.2) is 41.4 Å². The van der Waals surface area contributed by atoms with Gasteiger partial charge in [0.05, 0.1) is 11.9 Å². The summed E-state index contributed by atoms with van der Waals surface area (Å²) >= 11 is 0. The predicted molar refractivity (Wildman–Crippen MR) is 90.7 cm³/mol. The van der Waals surface area contributed by atoms with E-state index in [-0.39, 0.29) is 0 Å². The molecule has 0 bridgehead atoms. The lowest BCUT2D eigenvalue weighted by molar-refractivity contribution is 0.572. The number of pyridine rings is 1. The minimum atomic E-state index is 0.441. The second-order valence-corrected chi connectivity index (χ2v) is 5.49. The number of anilines is 1. The van der Waals surface area contributed by atoms with Crippen LogP contribution in [-0.2, 0) is 0 Å². The van der Waals surface area contributed by atoms with E-state index in [0.29, 0.717) is 17.4 Å². The van der Waals surface area contributed by atoms with Gasteiger partial charge >= 0.3 is 0 Å². The third kappa shape index (κ3) is 2.21. The standard InChI is InChI=1S/C17H16N6O/c1-10-8-20-13-5-4-12(9-23(10)13)14-15(17-19-6-7-24-17)22-16(18-3)11(2)21-14/h4-9H,1-3H3,(H,18,22). The Labute approximate surface area is 138 Å². The Morgan fingerprint density at radius 2 is 1.96 bits per heavy atom. The molecule has 7 heteroatoms. The number of hydrogen-bond acceptors (Lipinski definition) is 6. The van der Waals surface area contributed by atoms with Gasteiger partial charge in [-0.05, 0) is 26.0 Å². The van der Waals surface area contributed by atoms with Crippen molar-refractivity contribution in [3.05, 3.63) is 48.4 Å². The zero-order valence-corrected chi connectivity index (χ0v) is 13.6. The minimum Gasteiger partial charge on any atom is -0.443 e. The summed E-state index contributed by atoms with van der Waals surface area (Å²) in [5, 5.41) is 3.05. The summed E-state index contributed by atoms with van der Waals surface area (Å²) < 4.78 is 7.48. The molecule has 4 aromatic rings. The molecule has 0 amide bonds. The molecule has 0 fully saturated rings. The molecular weight excluding hydrogens is 304 g/mol. The normalized spacial score (nSPS) is 11.1. The van der Waals surface area contributed by atoms with E-state index in [1.54, 1.807) is 6.20 Å². The molecule has 1 N–H and O–H groups in total. The first-order valence-corrected chi connectivity index (χ1v) is 7.57. The van der Waals surface area contributed by atoms with E-state index in [0.717, 1.165) is 28.3 Å². The highest BCUT2D eigenvalue weighted by Gasteiger charge is 2.18. The van der Waals surface area contributed by atoms with Crippen molar-refractivity contribution in [2.45, 2.75) is 13.8 Å². The van der Waals surface area contributed by atoms with E-state index in [2.05, 4.69) is 20.3 Å². The van der Waals surface area contributed by atoms with Crippen LogP contribution in [0.2, 0.25) is 0 Å². The van der Waals surface area contributed by atoms with Crippen LogP contribution < -0.4 is 5.32 Å². The van der Waals surface area contributed by atoms with Crippen LogP contribution >= 0.6 is 0 Å². The molecule has 0 aliphatic rings. The van der Waals surface area contributed by atoms with Gasteiger partial charge in [-0.15, -0.1) is 0 Å². The van der Waals surface area contributed by atoms with Gasteiger partial charge in [-0.3, -0.25) is 0 Å². The van der Waals surface area contributed by atoms with E-state index in [1.165, 1.54) is 6.26 Å². The van der Waals surface area contributed by atoms with Crippen LogP contribution in [0.25, 0.3) is 28.5 Å². The Morgan fingerprint density at radius 1 is 1.08 bits per heavy atom. The predicted octanol–water partition coefficient (Wildman–Crippen LogP) is 3.10. The fraction of sp³-hybridized carbons (Fsp3) is 0.176. The third-order valence-electron chi connectivity index (χ3n) is 3.91. The number of aromatic nitrogens is 5. The Bertz CT molecular complexity index is 1020. The Morgan fingerprint density at radius 3 is 2.71 bits per heavy atom. The SMILES string of the molecule is CNc1nc(-c2ncco2)c(-c2ccc3ncc(C)n3c2)nc1C. The maximum atomic E-state index is 5.46. The van der Waals surface area contributed by atoms with Gasteiger partial charge < -0.3 is 14.1 Å². The van der Waals surface area contributed by atoms with Crippen LogP contribution in [0.4, 0.5) is 5.82 Å². The first-order valence-electron chi connectivity index (χ1n) is 7.57. The van der Waals surface area contributed by atoms with Crippen molar-refractivity contribution in [2.24, 2.45) is 0 Å². The van der Waals surface area contributed by atoms with E-state index in [4.69, 9.17) is 9.40 Å². The van der Waals surface area contributed by atoms with Gasteiger partial charge in [-0.2, -0.15) is 0 Å². The lowest BCUT2D eigenvalue weighted by Gasteiger charge is -2.11. The molecule has 4 rings (SSSR count). The average Bonchev–Trinajstić information content (AvgIpc) is 3.25. The molecule has 4 heterocycles. The van der Waals surface area contributed by atoms with E-state index in [9.17, 15) is 0 Å². The smallest absolute Gasteiger partial charge is 0.247 e. The lowest BCUT2D eigenvalue weighted by atomic mass is 10.1. The highest BCUT2D eigenvalue weighted by molar-refractivity contribution is 5.76. The molecule has 0 spiro atoms. The number of nitrogens with zero attached hydrogens (tertiary/aromatic N) is 5. The number of imidazole rings is 1. The summed E-state index contributed by atoms with van der Waals surface area (Å²) in [7, 11) is 1.82. The molecular formula is C17H16N6O. The first kappa shape index (κ1) is 14.4. The molecule has 0 radical (unpaired) electrons. The molecule has 0 aliphatic heterocycles. The van der Waals surface area contributed by atoms with Crippen molar-refractivity contribution >= 4 is 11.5 Å². The van der Waals surface area contributed by atoms with Gasteiger partial charge in [0.25, 0.3) is 0 Å². The average molecular weight is 320 g/mol. The van der Waals surface area contributed by atoms with E-state index >= 15 is 0 Å². The first-order chi connectivity index (χ1) is 11.7. The number of nitrogens with one attached hydrogen (secondary N) is 1. The van der Waals surface area contributed by atoms with Crippen LogP contribution in [0, 0.1) is 13.8 Å². The Kier molecular flexibility index (Phi) is 3.26. The number of fused-ring (bicyclic) bond motifs is 1. The number of hydrogen-bond donors (Lipinski definition) is 1. The second-order valence-electron chi connectivity index (χ2n) is 5.49. The van der Waals surface area contributed by atoms with Gasteiger partial charge in [0, 0.05) is 30.7 Å². The molecule has 0 aliphatic carbocycles. The van der Waals surface area contributed by atoms with Crippen LogP contribution in [-0.4, -0.2) is 31.4 Å². The minimum absolute atomic E-state index is 0.441. The summed E-state index contributed by atoms with van der Waals surface area (Å²) in [6, 6.07) is 3.95. The van der Waals surface area contributed by atoms with E-state index < -0.39 is 0 Å². The van der Waals surface area contributed by atoms with Crippen molar-refractivity contribution in [3.8, 4) is 22.8 Å². The Balaban J connectivity index is 1.98. The molecule has 0 aromatic carbocycles. The van der Waals surface area contributed by atoms with Gasteiger partial charge in [0.1, 0.15) is 23.4 Å². The maximum Gasteiger partial charge on any atom is 0.247 e. The van der Waals surface area contributed by atoms with Crippen molar-refractivity contribution in [2.75, 3.05) is 12.4 Å². The quantitative estimate of drug-likeness (QED) is 0.624. The van der Waals surface area contributed by atoms with Crippen molar-refractivity contribution < 1.29 is 4.42 Å². The highest BCUT2D eigenvalue weighted by Crippen LogP contribution is 2.30. The van der Waals surface area contributed by atoms with Gasteiger partial charge in [0.2, 0.25) is 5.89 Å². The van der Waals surface area contributed by atoms with Gasteiger partial charge in [0.15, 0.2) is 5.69 Å². The zero-order chi connectivity index (χ0) is 16.7. The molecule has 0 atom stereocenters. The summed E-state index contributed by atoms with van der Waals surface area (Å²) in [6.45, 7) is 3.93. The molecule has 4 aromatic heterocycles. The highest BCUT2D eigenvalue weighted by atomic mass is 16.3. The zero-order valence-electron chi connectivity index (χ0n) is 13.6. The van der Waals surface area contributed by atoms with Crippen molar-refractivity contribution in [1.29, 1.82) is 0 Å². The van der Waals surface area contributed by atoms with E-state index in [1.807, 2.05) is 49.8 Å². The summed E-state index contributed by atoms with van der Waals surface area (Å²) in [6.07, 6.45) is 6.98. The van der Waals surface area contributed by atoms with Crippen LogP contribution in [0.1, 0.15) is 11.4 Å². The number of rotatable bonds is 3. The molecule has 0 saturated carbocycles. The van der Waals surface area contributed by atoms with Crippen LogP contribution in [0.5, 0.6) is 0 Å². The third-order valence-corrected chi connectivity index (χ3v) is 3.91. The summed E-state index contributed by atoms with van der Waals surface area (Å²) in [5.41, 5.74) is 5.02. The molecule has 120 valence electrons. The largest absolute Gasteiger partial charge is 0.443 e. The molecule has 24 heavy (non-hydrogen) atoms. The topological polar surface area (TPSA) is 81.1 Å². The number of aryl methyl sites for hydroxylation is 2. The number of oxazole rings is 1. The fourth-order valence-corrected chi connectivity index (χ4v) is 2.69. The van der Waals surface area contributed by atoms with Crippen LogP contribution in [0.3, 0.4) is 0 Å². The Hall–Kier alpha value is -3.22. The molecule has 0 saturated heterocycles. The summed E-state index contributed by atoms with van der Waals surface area (Å²) in [4.78, 5) is 18.0. The fourth-order valence-electron chi connectivity index (χ4n) is 2.69. The van der Waals surface area contributed by atoms with Crippen molar-refractivity contribution in [3.63, 3.8) is 0 Å². The molecule has 0 unspecified atom stereocenters. The van der Waals surface area contributed by atoms with Crippen molar-refractivity contribution in [1.82, 2.24) is 24.3 Å². The molecule has 7 nitrogen and oxygen atoms in total. The lowest BCUT2D eigenvalue weighted by Crippen LogP contribution is -2.03. The maximum absolute atomic E-state index is 5.46. The van der Waals surface area contributed by atoms with Gasteiger partial charge in [-0.1, -0.05) is 0 Å².